The highest BCUT2D eigenvalue weighted by atomic mass is 16.5. The molecule has 1 rings (SSSR count). The first-order chi connectivity index (χ1) is 8.58. The first-order valence-electron chi connectivity index (χ1n) is 7.06. The maximum absolute atomic E-state index is 12.3. The number of piperidine rings is 1. The lowest BCUT2D eigenvalue weighted by molar-refractivity contribution is -0.137. The Bertz CT molecular complexity index is 248. The van der Waals surface area contributed by atoms with Gasteiger partial charge in [-0.2, -0.15) is 0 Å². The number of rotatable bonds is 6. The first-order valence-corrected chi connectivity index (χ1v) is 7.06. The minimum atomic E-state index is 0.00368. The number of nitrogens with two attached hydrogens (primary N) is 1. The van der Waals surface area contributed by atoms with E-state index in [0.29, 0.717) is 18.4 Å². The summed E-state index contributed by atoms with van der Waals surface area (Å²) >= 11 is 0. The van der Waals surface area contributed by atoms with Crippen molar-refractivity contribution in [3.8, 4) is 0 Å². The largest absolute Gasteiger partial charge is 0.384 e. The topological polar surface area (TPSA) is 55.6 Å². The predicted octanol–water partition coefficient (Wildman–Crippen LogP) is 1.49. The summed E-state index contributed by atoms with van der Waals surface area (Å²) in [7, 11) is 1.74. The summed E-state index contributed by atoms with van der Waals surface area (Å²) in [5, 5.41) is 0. The molecule has 1 unspecified atom stereocenters. The van der Waals surface area contributed by atoms with E-state index in [1.54, 1.807) is 7.11 Å². The zero-order valence-electron chi connectivity index (χ0n) is 12.0. The van der Waals surface area contributed by atoms with Gasteiger partial charge in [-0.15, -0.1) is 0 Å². The summed E-state index contributed by atoms with van der Waals surface area (Å²) < 4.78 is 5.17. The standard InChI is InChI=1S/C14H28N2O2/c1-11(2)8-13(9-15)14(17)16-6-4-12(5-7-16)10-18-3/h11-13H,4-10,15H2,1-3H3. The molecule has 0 saturated carbocycles. The van der Waals surface area contributed by atoms with Gasteiger partial charge in [0.25, 0.3) is 0 Å². The molecule has 2 N–H and O–H groups in total. The molecule has 0 radical (unpaired) electrons. The van der Waals surface area contributed by atoms with Crippen molar-refractivity contribution in [2.24, 2.45) is 23.5 Å². The monoisotopic (exact) mass is 256 g/mol. The van der Waals surface area contributed by atoms with Crippen molar-refractivity contribution in [3.05, 3.63) is 0 Å². The molecule has 106 valence electrons. The van der Waals surface area contributed by atoms with E-state index in [2.05, 4.69) is 13.8 Å². The number of hydrogen-bond acceptors (Lipinski definition) is 3. The van der Waals surface area contributed by atoms with Crippen molar-refractivity contribution >= 4 is 5.91 Å². The molecule has 1 saturated heterocycles. The number of methoxy groups -OCH3 is 1. The van der Waals surface area contributed by atoms with E-state index in [0.717, 1.165) is 39.0 Å². The third-order valence-corrected chi connectivity index (χ3v) is 3.72. The quantitative estimate of drug-likeness (QED) is 0.783. The lowest BCUT2D eigenvalue weighted by atomic mass is 9.93. The van der Waals surface area contributed by atoms with Crippen LogP contribution in [0.5, 0.6) is 0 Å². The second-order valence-electron chi connectivity index (χ2n) is 5.79. The molecule has 4 nitrogen and oxygen atoms in total. The van der Waals surface area contributed by atoms with E-state index in [4.69, 9.17) is 10.5 Å². The van der Waals surface area contributed by atoms with Gasteiger partial charge in [0.1, 0.15) is 0 Å². The van der Waals surface area contributed by atoms with Gasteiger partial charge in [0.2, 0.25) is 5.91 Å². The number of carbonyl (C=O) groups is 1. The fraction of sp³-hybridized carbons (Fsp3) is 0.929. The van der Waals surface area contributed by atoms with Gasteiger partial charge >= 0.3 is 0 Å². The summed E-state index contributed by atoms with van der Waals surface area (Å²) in [6, 6.07) is 0. The average Bonchev–Trinajstić information content (AvgIpc) is 2.36. The molecule has 1 heterocycles. The molecule has 0 aliphatic carbocycles. The minimum Gasteiger partial charge on any atom is -0.384 e. The van der Waals surface area contributed by atoms with Crippen molar-refractivity contribution < 1.29 is 9.53 Å². The maximum atomic E-state index is 12.3. The minimum absolute atomic E-state index is 0.00368. The van der Waals surface area contributed by atoms with Gasteiger partial charge in [0, 0.05) is 33.4 Å². The fourth-order valence-corrected chi connectivity index (χ4v) is 2.68. The van der Waals surface area contributed by atoms with Crippen LogP contribution in [0.2, 0.25) is 0 Å². The van der Waals surface area contributed by atoms with Crippen LogP contribution in [0.1, 0.15) is 33.1 Å². The Labute approximate surface area is 111 Å². The highest BCUT2D eigenvalue weighted by molar-refractivity contribution is 5.79. The Hall–Kier alpha value is -0.610. The van der Waals surface area contributed by atoms with Crippen molar-refractivity contribution in [1.82, 2.24) is 4.90 Å². The Kier molecular flexibility index (Phi) is 6.65. The van der Waals surface area contributed by atoms with Crippen molar-refractivity contribution in [1.29, 1.82) is 0 Å². The third-order valence-electron chi connectivity index (χ3n) is 3.72. The summed E-state index contributed by atoms with van der Waals surface area (Å²) in [5.74, 6) is 1.39. The van der Waals surface area contributed by atoms with Crippen LogP contribution in [0.15, 0.2) is 0 Å². The van der Waals surface area contributed by atoms with Crippen LogP contribution < -0.4 is 5.73 Å². The number of carbonyl (C=O) groups excluding carboxylic acids is 1. The highest BCUT2D eigenvalue weighted by Gasteiger charge is 2.27. The molecule has 0 spiro atoms. The molecule has 1 atom stereocenters. The average molecular weight is 256 g/mol. The van der Waals surface area contributed by atoms with Crippen LogP contribution in [0.25, 0.3) is 0 Å². The van der Waals surface area contributed by atoms with Crippen LogP contribution in [-0.2, 0) is 9.53 Å². The number of likely N-dealkylation sites (tertiary alicyclic amines) is 1. The van der Waals surface area contributed by atoms with Crippen LogP contribution in [0.3, 0.4) is 0 Å². The predicted molar refractivity (Wildman–Crippen MR) is 73.2 cm³/mol. The van der Waals surface area contributed by atoms with Gasteiger partial charge in [-0.3, -0.25) is 4.79 Å². The number of hydrogen-bond donors (Lipinski definition) is 1. The van der Waals surface area contributed by atoms with Crippen LogP contribution in [0, 0.1) is 17.8 Å². The number of nitrogens with zero attached hydrogens (tertiary/aromatic N) is 1. The Balaban J connectivity index is 2.42. The van der Waals surface area contributed by atoms with Gasteiger partial charge < -0.3 is 15.4 Å². The van der Waals surface area contributed by atoms with Gasteiger partial charge in [-0.25, -0.2) is 0 Å². The van der Waals surface area contributed by atoms with E-state index >= 15 is 0 Å². The zero-order chi connectivity index (χ0) is 13.5. The first kappa shape index (κ1) is 15.4. The molecule has 1 amide bonds. The van der Waals surface area contributed by atoms with Crippen LogP contribution >= 0.6 is 0 Å². The third kappa shape index (κ3) is 4.58. The van der Waals surface area contributed by atoms with Crippen molar-refractivity contribution in [2.45, 2.75) is 33.1 Å². The van der Waals surface area contributed by atoms with Gasteiger partial charge in [-0.05, 0) is 31.1 Å². The second-order valence-corrected chi connectivity index (χ2v) is 5.79. The molecule has 0 aromatic carbocycles. The molecule has 0 aromatic rings. The second kappa shape index (κ2) is 7.74. The Morgan fingerprint density at radius 3 is 2.44 bits per heavy atom. The van der Waals surface area contributed by atoms with Gasteiger partial charge in [0.15, 0.2) is 0 Å². The fourth-order valence-electron chi connectivity index (χ4n) is 2.68. The Morgan fingerprint density at radius 1 is 1.39 bits per heavy atom. The molecule has 18 heavy (non-hydrogen) atoms. The van der Waals surface area contributed by atoms with E-state index in [9.17, 15) is 4.79 Å². The van der Waals surface area contributed by atoms with Crippen LogP contribution in [-0.4, -0.2) is 44.2 Å². The molecule has 1 aliphatic rings. The SMILES string of the molecule is COCC1CCN(C(=O)C(CN)CC(C)C)CC1. The summed E-state index contributed by atoms with van der Waals surface area (Å²) in [5.41, 5.74) is 5.74. The summed E-state index contributed by atoms with van der Waals surface area (Å²) in [4.78, 5) is 14.3. The van der Waals surface area contributed by atoms with Gasteiger partial charge in [0.05, 0.1) is 5.92 Å². The normalized spacial score (nSPS) is 19.3. The molecular weight excluding hydrogens is 228 g/mol. The lowest BCUT2D eigenvalue weighted by Gasteiger charge is -2.34. The molecule has 1 fully saturated rings. The van der Waals surface area contributed by atoms with Gasteiger partial charge in [-0.1, -0.05) is 13.8 Å². The van der Waals surface area contributed by atoms with Crippen molar-refractivity contribution in [3.63, 3.8) is 0 Å². The molecule has 1 aliphatic heterocycles. The van der Waals surface area contributed by atoms with E-state index in [-0.39, 0.29) is 11.8 Å². The van der Waals surface area contributed by atoms with E-state index < -0.39 is 0 Å². The maximum Gasteiger partial charge on any atom is 0.226 e. The molecule has 0 bridgehead atoms. The highest BCUT2D eigenvalue weighted by Crippen LogP contribution is 2.21. The number of ether oxygens (including phenoxy) is 1. The van der Waals surface area contributed by atoms with E-state index in [1.807, 2.05) is 4.90 Å². The van der Waals surface area contributed by atoms with Crippen LogP contribution in [0.4, 0.5) is 0 Å². The van der Waals surface area contributed by atoms with Crippen molar-refractivity contribution in [2.75, 3.05) is 33.4 Å². The smallest absolute Gasteiger partial charge is 0.226 e. The Morgan fingerprint density at radius 2 is 2.00 bits per heavy atom. The molecule has 0 aromatic heterocycles. The summed E-state index contributed by atoms with van der Waals surface area (Å²) in [6.07, 6.45) is 3.00. The molecular formula is C14H28N2O2. The molecule has 4 heteroatoms. The number of amides is 1. The zero-order valence-corrected chi connectivity index (χ0v) is 12.0. The summed E-state index contributed by atoms with van der Waals surface area (Å²) in [6.45, 7) is 7.29. The lowest BCUT2D eigenvalue weighted by Crippen LogP contribution is -2.44. The van der Waals surface area contributed by atoms with E-state index in [1.165, 1.54) is 0 Å².